The summed E-state index contributed by atoms with van der Waals surface area (Å²) in [6.45, 7) is 7.78. The summed E-state index contributed by atoms with van der Waals surface area (Å²) < 4.78 is 6.11. The molecule has 1 heterocycles. The molecule has 0 unspecified atom stereocenters. The van der Waals surface area contributed by atoms with E-state index in [2.05, 4.69) is 20.9 Å². The van der Waals surface area contributed by atoms with E-state index in [1.54, 1.807) is 24.3 Å². The Kier molecular flexibility index (Phi) is 5.29. The molecule has 0 saturated heterocycles. The molecule has 0 amide bonds. The van der Waals surface area contributed by atoms with Crippen molar-refractivity contribution in [1.29, 1.82) is 5.26 Å². The molecule has 1 aromatic heterocycles. The van der Waals surface area contributed by atoms with Gasteiger partial charge in [-0.05, 0) is 35.4 Å². The smallest absolute Gasteiger partial charge is 0.190 e. The van der Waals surface area contributed by atoms with Crippen molar-refractivity contribution < 1.29 is 4.74 Å². The first-order valence-electron chi connectivity index (χ1n) is 10.4. The van der Waals surface area contributed by atoms with Gasteiger partial charge in [0.1, 0.15) is 18.2 Å². The van der Waals surface area contributed by atoms with Crippen molar-refractivity contribution in [3.8, 4) is 34.3 Å². The van der Waals surface area contributed by atoms with Crippen LogP contribution in [0.1, 0.15) is 11.1 Å². The third kappa shape index (κ3) is 4.17. The van der Waals surface area contributed by atoms with Crippen LogP contribution in [0.4, 0.5) is 5.69 Å². The van der Waals surface area contributed by atoms with Gasteiger partial charge in [0.05, 0.1) is 29.2 Å². The second-order valence-corrected chi connectivity index (χ2v) is 7.57. The lowest BCUT2D eigenvalue weighted by atomic mass is 10.0. The molecule has 0 radical (unpaired) electrons. The second kappa shape index (κ2) is 8.70. The van der Waals surface area contributed by atoms with Crippen LogP contribution in [0.2, 0.25) is 0 Å². The fourth-order valence-electron chi connectivity index (χ4n) is 3.70. The maximum Gasteiger partial charge on any atom is 0.190 e. The fraction of sp³-hybridized carbons (Fsp3) is 0.0357. The topological polar surface area (TPSA) is 66.1 Å². The van der Waals surface area contributed by atoms with Crippen molar-refractivity contribution in [3.05, 3.63) is 114 Å². The van der Waals surface area contributed by atoms with Crippen LogP contribution < -0.4 is 4.74 Å². The highest BCUT2D eigenvalue weighted by atomic mass is 16.5. The predicted molar refractivity (Wildman–Crippen MR) is 129 cm³/mol. The first kappa shape index (κ1) is 20.1. The Morgan fingerprint density at radius 1 is 0.909 bits per heavy atom. The van der Waals surface area contributed by atoms with E-state index < -0.39 is 0 Å². The summed E-state index contributed by atoms with van der Waals surface area (Å²) in [5.74, 6) is 1.42. The zero-order valence-corrected chi connectivity index (χ0v) is 17.6. The van der Waals surface area contributed by atoms with Gasteiger partial charge in [-0.1, -0.05) is 66.7 Å². The Balaban J connectivity index is 1.45. The molecule has 4 aromatic carbocycles. The van der Waals surface area contributed by atoms with Crippen LogP contribution in [-0.2, 0) is 6.61 Å². The molecule has 156 valence electrons. The highest BCUT2D eigenvalue weighted by molar-refractivity contribution is 5.81. The lowest BCUT2D eigenvalue weighted by Gasteiger charge is -2.13. The highest BCUT2D eigenvalue weighted by Gasteiger charge is 2.11. The van der Waals surface area contributed by atoms with Gasteiger partial charge >= 0.3 is 0 Å². The molecule has 0 saturated carbocycles. The lowest BCUT2D eigenvalue weighted by Crippen LogP contribution is -1.96. The van der Waals surface area contributed by atoms with E-state index in [0.29, 0.717) is 23.6 Å². The third-order valence-electron chi connectivity index (χ3n) is 5.41. The number of H-pyrrole nitrogens is 1. The van der Waals surface area contributed by atoms with E-state index in [1.165, 1.54) is 0 Å². The number of hydrogen-bond donors (Lipinski definition) is 1. The molecule has 5 heteroatoms. The number of aromatic amines is 1. The lowest BCUT2D eigenvalue weighted by molar-refractivity contribution is 0.308. The van der Waals surface area contributed by atoms with E-state index in [9.17, 15) is 0 Å². The van der Waals surface area contributed by atoms with Crippen molar-refractivity contribution in [3.63, 3.8) is 0 Å². The Hall–Kier alpha value is -4.87. The molecular weight excluding hydrogens is 408 g/mol. The van der Waals surface area contributed by atoms with Crippen LogP contribution in [0.15, 0.2) is 91.0 Å². The molecular formula is C28H18N4O. The van der Waals surface area contributed by atoms with E-state index in [-0.39, 0.29) is 0 Å². The van der Waals surface area contributed by atoms with Crippen molar-refractivity contribution >= 4 is 16.7 Å². The number of rotatable bonds is 5. The molecule has 0 aliphatic carbocycles. The molecule has 0 aliphatic heterocycles. The molecule has 0 atom stereocenters. The number of nitrogens with zero attached hydrogens (tertiary/aromatic N) is 3. The Morgan fingerprint density at radius 2 is 1.70 bits per heavy atom. The summed E-state index contributed by atoms with van der Waals surface area (Å²) in [7, 11) is 0. The van der Waals surface area contributed by atoms with Crippen LogP contribution >= 0.6 is 0 Å². The number of imidazole rings is 1. The molecule has 5 aromatic rings. The van der Waals surface area contributed by atoms with Gasteiger partial charge in [-0.15, -0.1) is 0 Å². The van der Waals surface area contributed by atoms with Gasteiger partial charge < -0.3 is 9.72 Å². The first-order chi connectivity index (χ1) is 16.2. The number of nitrogens with one attached hydrogen (secondary N) is 1. The summed E-state index contributed by atoms with van der Waals surface area (Å²) in [6, 6.07) is 31.1. The minimum absolute atomic E-state index is 0.428. The van der Waals surface area contributed by atoms with Crippen molar-refractivity contribution in [2.45, 2.75) is 6.61 Å². The van der Waals surface area contributed by atoms with E-state index in [0.717, 1.165) is 39.1 Å². The summed E-state index contributed by atoms with van der Waals surface area (Å²) in [5, 5.41) is 9.11. The maximum absolute atomic E-state index is 9.11. The first-order valence-corrected chi connectivity index (χ1v) is 10.4. The van der Waals surface area contributed by atoms with E-state index in [1.807, 2.05) is 66.7 Å². The predicted octanol–water partition coefficient (Wildman–Crippen LogP) is 6.90. The largest absolute Gasteiger partial charge is 0.490 e. The molecule has 0 bridgehead atoms. The minimum atomic E-state index is 0.428. The van der Waals surface area contributed by atoms with Crippen LogP contribution in [0.25, 0.3) is 38.4 Å². The summed E-state index contributed by atoms with van der Waals surface area (Å²) in [4.78, 5) is 11.5. The van der Waals surface area contributed by atoms with Crippen molar-refractivity contribution in [2.24, 2.45) is 0 Å². The van der Waals surface area contributed by atoms with Gasteiger partial charge in [0.2, 0.25) is 0 Å². The number of nitriles is 1. The summed E-state index contributed by atoms with van der Waals surface area (Å²) >= 11 is 0. The van der Waals surface area contributed by atoms with Gasteiger partial charge in [0.15, 0.2) is 5.69 Å². The minimum Gasteiger partial charge on any atom is -0.490 e. The molecule has 1 N–H and O–H groups in total. The Bertz CT molecular complexity index is 1520. The zero-order valence-electron chi connectivity index (χ0n) is 17.6. The maximum atomic E-state index is 9.11. The Morgan fingerprint density at radius 3 is 2.45 bits per heavy atom. The number of ether oxygens (including phenoxy) is 1. The van der Waals surface area contributed by atoms with Gasteiger partial charge in [-0.25, -0.2) is 9.83 Å². The van der Waals surface area contributed by atoms with Gasteiger partial charge in [-0.2, -0.15) is 5.26 Å². The average Bonchev–Trinajstić information content (AvgIpc) is 3.31. The molecule has 0 aliphatic rings. The molecule has 0 fully saturated rings. The van der Waals surface area contributed by atoms with Crippen LogP contribution in [0, 0.1) is 17.9 Å². The van der Waals surface area contributed by atoms with E-state index >= 15 is 0 Å². The van der Waals surface area contributed by atoms with E-state index in [4.69, 9.17) is 16.6 Å². The van der Waals surface area contributed by atoms with Crippen LogP contribution in [0.3, 0.4) is 0 Å². The average molecular weight is 426 g/mol. The van der Waals surface area contributed by atoms with Gasteiger partial charge in [0, 0.05) is 11.1 Å². The molecule has 33 heavy (non-hydrogen) atoms. The van der Waals surface area contributed by atoms with Crippen LogP contribution in [0.5, 0.6) is 5.75 Å². The molecule has 0 spiro atoms. The summed E-state index contributed by atoms with van der Waals surface area (Å²) in [6.07, 6.45) is 0. The highest BCUT2D eigenvalue weighted by Crippen LogP contribution is 2.35. The van der Waals surface area contributed by atoms with Gasteiger partial charge in [0.25, 0.3) is 0 Å². The van der Waals surface area contributed by atoms with Gasteiger partial charge in [-0.3, -0.25) is 0 Å². The number of aromatic nitrogens is 2. The fourth-order valence-corrected chi connectivity index (χ4v) is 3.70. The van der Waals surface area contributed by atoms with Crippen molar-refractivity contribution in [1.82, 2.24) is 9.97 Å². The Labute approximate surface area is 191 Å². The number of fused-ring (bicyclic) bond motifs is 1. The SMILES string of the molecule is [C-]#[N+]c1ccc(-c2ccc(-c3nc4ccc(C#N)cc4[nH]3)cc2)c(OCc2ccccc2)c1. The number of benzene rings is 4. The third-order valence-corrected chi connectivity index (χ3v) is 5.41. The number of hydrogen-bond acceptors (Lipinski definition) is 3. The monoisotopic (exact) mass is 426 g/mol. The zero-order chi connectivity index (χ0) is 22.6. The standard InChI is InChI=1S/C28H18N4O/c1-30-23-12-13-24(27(16-23)33-18-19-5-3-2-4-6-19)21-8-10-22(11-9-21)28-31-25-14-7-20(17-29)15-26(25)32-28/h2-16H,18H2,(H,31,32). The van der Waals surface area contributed by atoms with Crippen molar-refractivity contribution in [2.75, 3.05) is 0 Å². The molecule has 5 rings (SSSR count). The summed E-state index contributed by atoms with van der Waals surface area (Å²) in [5.41, 5.74) is 6.71. The molecule has 5 nitrogen and oxygen atoms in total. The normalized spacial score (nSPS) is 10.5. The van der Waals surface area contributed by atoms with Crippen LogP contribution in [-0.4, -0.2) is 9.97 Å². The second-order valence-electron chi connectivity index (χ2n) is 7.57. The quantitative estimate of drug-likeness (QED) is 0.311.